The van der Waals surface area contributed by atoms with Crippen molar-refractivity contribution in [3.63, 3.8) is 0 Å². The Morgan fingerprint density at radius 2 is 2.00 bits per heavy atom. The average molecular weight is 377 g/mol. The largest absolute Gasteiger partial charge is 0.490 e. The summed E-state index contributed by atoms with van der Waals surface area (Å²) in [6.45, 7) is 1.73. The second kappa shape index (κ2) is 7.08. The predicted octanol–water partition coefficient (Wildman–Crippen LogP) is 1.48. The fourth-order valence-corrected chi connectivity index (χ4v) is 4.49. The highest BCUT2D eigenvalue weighted by molar-refractivity contribution is 7.89. The number of hydrogen-bond acceptors (Lipinski definition) is 7. The third kappa shape index (κ3) is 3.45. The van der Waals surface area contributed by atoms with Gasteiger partial charge in [0, 0.05) is 31.3 Å². The summed E-state index contributed by atoms with van der Waals surface area (Å²) in [5.74, 6) is 1.44. The first-order valence-electron chi connectivity index (χ1n) is 8.47. The number of hydrogen-bond donors (Lipinski definition) is 0. The lowest BCUT2D eigenvalue weighted by Crippen LogP contribution is -2.31. The fraction of sp³-hybridized carbons (Fsp3) is 0.412. The van der Waals surface area contributed by atoms with Crippen molar-refractivity contribution in [2.24, 2.45) is 0 Å². The maximum Gasteiger partial charge on any atom is 0.243 e. The molecular weight excluding hydrogens is 358 g/mol. The molecule has 0 aliphatic carbocycles. The number of ether oxygens (including phenoxy) is 3. The summed E-state index contributed by atoms with van der Waals surface area (Å²) in [6, 6.07) is 8.17. The van der Waals surface area contributed by atoms with Crippen molar-refractivity contribution in [2.45, 2.75) is 23.8 Å². The molecule has 1 saturated heterocycles. The molecule has 0 unspecified atom stereocenters. The van der Waals surface area contributed by atoms with Crippen LogP contribution in [0.25, 0.3) is 0 Å². The van der Waals surface area contributed by atoms with E-state index in [2.05, 4.69) is 10.2 Å². The molecule has 0 saturated carbocycles. The molecule has 2 aromatic rings. The number of nitrogens with zero attached hydrogens (tertiary/aromatic N) is 3. The number of aromatic nitrogens is 2. The van der Waals surface area contributed by atoms with Crippen LogP contribution in [0.4, 0.5) is 0 Å². The highest BCUT2D eigenvalue weighted by Gasteiger charge is 2.34. The van der Waals surface area contributed by atoms with Crippen LogP contribution in [-0.4, -0.2) is 55.3 Å². The van der Waals surface area contributed by atoms with Gasteiger partial charge in [0.1, 0.15) is 6.10 Å². The molecule has 0 N–H and O–H groups in total. The number of sulfonamides is 1. The van der Waals surface area contributed by atoms with Crippen LogP contribution in [0.15, 0.2) is 41.4 Å². The maximum absolute atomic E-state index is 13.0. The predicted molar refractivity (Wildman–Crippen MR) is 91.9 cm³/mol. The van der Waals surface area contributed by atoms with E-state index < -0.39 is 10.0 Å². The van der Waals surface area contributed by atoms with Gasteiger partial charge in [-0.05, 0) is 24.6 Å². The molecule has 2 aliphatic heterocycles. The van der Waals surface area contributed by atoms with Crippen LogP contribution in [0.3, 0.4) is 0 Å². The first kappa shape index (κ1) is 17.0. The Kier molecular flexibility index (Phi) is 4.64. The van der Waals surface area contributed by atoms with Gasteiger partial charge >= 0.3 is 0 Å². The van der Waals surface area contributed by atoms with E-state index in [-0.39, 0.29) is 17.5 Å². The van der Waals surface area contributed by atoms with Gasteiger partial charge in [0.25, 0.3) is 0 Å². The van der Waals surface area contributed by atoms with E-state index in [1.54, 1.807) is 30.5 Å². The zero-order chi connectivity index (χ0) is 18.0. The monoisotopic (exact) mass is 377 g/mol. The zero-order valence-electron chi connectivity index (χ0n) is 14.1. The van der Waals surface area contributed by atoms with Gasteiger partial charge < -0.3 is 14.2 Å². The standard InChI is InChI=1S/C17H19N3O5S/c21-26(22,14-4-5-15-16(11-14)24-10-2-9-23-15)20-8-6-13(12-20)25-17-3-1-7-18-19-17/h1,3-5,7,11,13H,2,6,8-10,12H2/t13-/m0/s1. The molecule has 1 atom stereocenters. The van der Waals surface area contributed by atoms with E-state index in [0.29, 0.717) is 43.6 Å². The van der Waals surface area contributed by atoms with Crippen molar-refractivity contribution < 1.29 is 22.6 Å². The number of fused-ring (bicyclic) bond motifs is 1. The Morgan fingerprint density at radius 1 is 1.15 bits per heavy atom. The zero-order valence-corrected chi connectivity index (χ0v) is 14.9. The Labute approximate surface area is 151 Å². The lowest BCUT2D eigenvalue weighted by atomic mass is 10.3. The fourth-order valence-electron chi connectivity index (χ4n) is 2.99. The molecule has 0 bridgehead atoms. The second-order valence-electron chi connectivity index (χ2n) is 6.11. The summed E-state index contributed by atoms with van der Waals surface area (Å²) < 4.78 is 44.2. The minimum Gasteiger partial charge on any atom is -0.490 e. The van der Waals surface area contributed by atoms with Crippen molar-refractivity contribution in [3.8, 4) is 17.4 Å². The molecule has 4 rings (SSSR count). The van der Waals surface area contributed by atoms with E-state index in [0.717, 1.165) is 6.42 Å². The highest BCUT2D eigenvalue weighted by atomic mass is 32.2. The minimum atomic E-state index is -3.63. The van der Waals surface area contributed by atoms with E-state index in [9.17, 15) is 8.42 Å². The molecule has 3 heterocycles. The van der Waals surface area contributed by atoms with Crippen molar-refractivity contribution in [2.75, 3.05) is 26.3 Å². The van der Waals surface area contributed by atoms with Gasteiger partial charge in [0.2, 0.25) is 15.9 Å². The molecule has 1 aromatic carbocycles. The molecule has 0 radical (unpaired) electrons. The SMILES string of the molecule is O=S(=O)(c1ccc2c(c1)OCCCO2)N1CC[C@H](Oc2cccnn2)C1. The van der Waals surface area contributed by atoms with Gasteiger partial charge in [-0.1, -0.05) is 0 Å². The van der Waals surface area contributed by atoms with Crippen molar-refractivity contribution in [1.82, 2.24) is 14.5 Å². The number of rotatable bonds is 4. The van der Waals surface area contributed by atoms with Gasteiger partial charge in [-0.3, -0.25) is 0 Å². The van der Waals surface area contributed by atoms with Gasteiger partial charge in [-0.2, -0.15) is 9.40 Å². The molecule has 1 aromatic heterocycles. The molecule has 9 heteroatoms. The lowest BCUT2D eigenvalue weighted by molar-refractivity contribution is 0.204. The third-order valence-electron chi connectivity index (χ3n) is 4.30. The van der Waals surface area contributed by atoms with Crippen molar-refractivity contribution in [1.29, 1.82) is 0 Å². The van der Waals surface area contributed by atoms with Crippen LogP contribution in [0.5, 0.6) is 17.4 Å². The second-order valence-corrected chi connectivity index (χ2v) is 8.05. The van der Waals surface area contributed by atoms with Gasteiger partial charge in [0.05, 0.1) is 24.7 Å². The third-order valence-corrected chi connectivity index (χ3v) is 6.16. The van der Waals surface area contributed by atoms with Crippen LogP contribution >= 0.6 is 0 Å². The van der Waals surface area contributed by atoms with Crippen LogP contribution in [-0.2, 0) is 10.0 Å². The molecule has 0 amide bonds. The van der Waals surface area contributed by atoms with Crippen LogP contribution in [0.1, 0.15) is 12.8 Å². The average Bonchev–Trinajstić information content (AvgIpc) is 2.99. The van der Waals surface area contributed by atoms with Crippen molar-refractivity contribution >= 4 is 10.0 Å². The Bertz CT molecular complexity index is 875. The lowest BCUT2D eigenvalue weighted by Gasteiger charge is -2.18. The molecule has 0 spiro atoms. The normalized spacial score (nSPS) is 20.5. The molecule has 8 nitrogen and oxygen atoms in total. The summed E-state index contributed by atoms with van der Waals surface area (Å²) in [5, 5.41) is 7.63. The number of benzene rings is 1. The molecule has 2 aliphatic rings. The van der Waals surface area contributed by atoms with Gasteiger partial charge in [0.15, 0.2) is 11.5 Å². The topological polar surface area (TPSA) is 90.9 Å². The quantitative estimate of drug-likeness (QED) is 0.797. The van der Waals surface area contributed by atoms with Crippen LogP contribution < -0.4 is 14.2 Å². The smallest absolute Gasteiger partial charge is 0.243 e. The Hall–Kier alpha value is -2.39. The first-order valence-corrected chi connectivity index (χ1v) is 9.91. The Balaban J connectivity index is 1.49. The maximum atomic E-state index is 13.0. The highest BCUT2D eigenvalue weighted by Crippen LogP contribution is 2.33. The summed E-state index contributed by atoms with van der Waals surface area (Å²) in [5.41, 5.74) is 0. The van der Waals surface area contributed by atoms with E-state index >= 15 is 0 Å². The van der Waals surface area contributed by atoms with E-state index in [1.807, 2.05) is 0 Å². The molecule has 26 heavy (non-hydrogen) atoms. The van der Waals surface area contributed by atoms with E-state index in [4.69, 9.17) is 14.2 Å². The summed E-state index contributed by atoms with van der Waals surface area (Å²) in [7, 11) is -3.63. The Morgan fingerprint density at radius 3 is 2.81 bits per heavy atom. The van der Waals surface area contributed by atoms with Crippen LogP contribution in [0, 0.1) is 0 Å². The van der Waals surface area contributed by atoms with Crippen LogP contribution in [0.2, 0.25) is 0 Å². The first-order chi connectivity index (χ1) is 12.6. The summed E-state index contributed by atoms with van der Waals surface area (Å²) >= 11 is 0. The van der Waals surface area contributed by atoms with Crippen molar-refractivity contribution in [3.05, 3.63) is 36.5 Å². The molecular formula is C17H19N3O5S. The molecule has 1 fully saturated rings. The van der Waals surface area contributed by atoms with Gasteiger partial charge in [-0.15, -0.1) is 5.10 Å². The van der Waals surface area contributed by atoms with E-state index in [1.165, 1.54) is 10.4 Å². The molecule has 138 valence electrons. The summed E-state index contributed by atoms with van der Waals surface area (Å²) in [4.78, 5) is 0.196. The summed E-state index contributed by atoms with van der Waals surface area (Å²) in [6.07, 6.45) is 2.68. The minimum absolute atomic E-state index is 0.196. The van der Waals surface area contributed by atoms with Gasteiger partial charge in [-0.25, -0.2) is 8.42 Å².